The van der Waals surface area contributed by atoms with Crippen molar-refractivity contribution in [3.05, 3.63) is 47.5 Å². The molecular weight excluding hydrogens is 399 g/mol. The van der Waals surface area contributed by atoms with Gasteiger partial charge in [-0.15, -0.1) is 0 Å². The highest BCUT2D eigenvalue weighted by molar-refractivity contribution is 5.79. The van der Waals surface area contributed by atoms with E-state index in [4.69, 9.17) is 5.11 Å². The molecule has 1 aliphatic rings. The maximum Gasteiger partial charge on any atom is 0.416 e. The molecule has 2 atom stereocenters. The molecule has 0 radical (unpaired) electrons. The predicted molar refractivity (Wildman–Crippen MR) is 106 cm³/mol. The second-order valence-corrected chi connectivity index (χ2v) is 7.61. The van der Waals surface area contributed by atoms with Crippen LogP contribution in [-0.4, -0.2) is 45.7 Å². The molecule has 0 spiro atoms. The summed E-state index contributed by atoms with van der Waals surface area (Å²) in [5, 5.41) is 18.8. The van der Waals surface area contributed by atoms with Crippen LogP contribution < -0.4 is 0 Å². The Kier molecular flexibility index (Phi) is 8.89. The highest BCUT2D eigenvalue weighted by atomic mass is 19.4. The smallest absolute Gasteiger partial charge is 0.416 e. The number of hydrogen-bond donors (Lipinski definition) is 2. The van der Waals surface area contributed by atoms with Crippen molar-refractivity contribution in [1.29, 1.82) is 0 Å². The predicted octanol–water partition coefficient (Wildman–Crippen LogP) is 4.19. The van der Waals surface area contributed by atoms with Gasteiger partial charge in [0.2, 0.25) is 5.91 Å². The number of halogens is 3. The fourth-order valence-electron chi connectivity index (χ4n) is 3.60. The first-order valence-electron chi connectivity index (χ1n) is 10.2. The average molecular weight is 427 g/mol. The molecule has 1 aromatic rings. The van der Waals surface area contributed by atoms with Gasteiger partial charge < -0.3 is 15.1 Å². The van der Waals surface area contributed by atoms with Gasteiger partial charge in [0.1, 0.15) is 0 Å². The van der Waals surface area contributed by atoms with E-state index in [2.05, 4.69) is 0 Å². The Labute approximate surface area is 174 Å². The summed E-state index contributed by atoms with van der Waals surface area (Å²) in [6, 6.07) is 4.76. The number of aliphatic carboxylic acids is 1. The van der Waals surface area contributed by atoms with E-state index in [0.29, 0.717) is 31.4 Å². The highest BCUT2D eigenvalue weighted by Gasteiger charge is 2.30. The molecule has 1 amide bonds. The molecule has 0 bridgehead atoms. The van der Waals surface area contributed by atoms with Crippen LogP contribution in [0.3, 0.4) is 0 Å². The van der Waals surface area contributed by atoms with Crippen molar-refractivity contribution >= 4 is 11.9 Å². The van der Waals surface area contributed by atoms with E-state index < -0.39 is 23.8 Å². The van der Waals surface area contributed by atoms with Gasteiger partial charge in [-0.3, -0.25) is 9.59 Å². The molecule has 2 rings (SSSR count). The number of aliphatic hydroxyl groups excluding tert-OH is 1. The van der Waals surface area contributed by atoms with E-state index in [0.717, 1.165) is 31.4 Å². The molecule has 2 unspecified atom stereocenters. The molecular formula is C22H28F3NO4. The van der Waals surface area contributed by atoms with Crippen LogP contribution >= 0.6 is 0 Å². The standard InChI is InChI=1S/C22H28F3NO4/c23-22(24,25)17-7-5-6-16(14-17)15-19(27)11-9-18-10-12-20(28)26(18)13-4-2-1-3-8-21(29)30/h5-7,9,11,14,18-19,27H,1-4,8,10,12-13,15H2,(H,29,30). The number of alkyl halides is 3. The summed E-state index contributed by atoms with van der Waals surface area (Å²) in [5.74, 6) is -0.763. The number of unbranched alkanes of at least 4 members (excludes halogenated alkanes) is 3. The zero-order valence-electron chi connectivity index (χ0n) is 16.8. The lowest BCUT2D eigenvalue weighted by atomic mass is 10.0. The molecule has 8 heteroatoms. The number of amides is 1. The number of carboxylic acids is 1. The van der Waals surface area contributed by atoms with Crippen LogP contribution in [0.4, 0.5) is 13.2 Å². The number of carbonyl (C=O) groups excluding carboxylic acids is 1. The fraction of sp³-hybridized carbons (Fsp3) is 0.545. The van der Waals surface area contributed by atoms with Crippen LogP contribution in [0, 0.1) is 0 Å². The number of aliphatic hydroxyl groups is 1. The Morgan fingerprint density at radius 2 is 1.97 bits per heavy atom. The SMILES string of the molecule is O=C(O)CCCCCCN1C(=O)CCC1C=CC(O)Cc1cccc(C(F)(F)F)c1. The van der Waals surface area contributed by atoms with E-state index in [-0.39, 0.29) is 24.8 Å². The molecule has 0 saturated carbocycles. The van der Waals surface area contributed by atoms with Crippen molar-refractivity contribution in [2.45, 2.75) is 69.7 Å². The van der Waals surface area contributed by atoms with Crippen molar-refractivity contribution in [2.24, 2.45) is 0 Å². The van der Waals surface area contributed by atoms with Crippen molar-refractivity contribution < 1.29 is 33.0 Å². The lowest BCUT2D eigenvalue weighted by Crippen LogP contribution is -2.32. The van der Waals surface area contributed by atoms with E-state index >= 15 is 0 Å². The highest BCUT2D eigenvalue weighted by Crippen LogP contribution is 2.30. The number of hydrogen-bond acceptors (Lipinski definition) is 3. The van der Waals surface area contributed by atoms with Crippen molar-refractivity contribution in [2.75, 3.05) is 6.54 Å². The Hall–Kier alpha value is -2.35. The maximum atomic E-state index is 12.8. The minimum Gasteiger partial charge on any atom is -0.481 e. The molecule has 30 heavy (non-hydrogen) atoms. The van der Waals surface area contributed by atoms with Crippen molar-refractivity contribution in [3.63, 3.8) is 0 Å². The second kappa shape index (κ2) is 11.2. The normalized spacial score (nSPS) is 18.3. The summed E-state index contributed by atoms with van der Waals surface area (Å²) in [7, 11) is 0. The molecule has 166 valence electrons. The summed E-state index contributed by atoms with van der Waals surface area (Å²) in [6.07, 6.45) is 2.26. The molecule has 1 saturated heterocycles. The summed E-state index contributed by atoms with van der Waals surface area (Å²) >= 11 is 0. The average Bonchev–Trinajstić information content (AvgIpc) is 3.02. The molecule has 1 aliphatic heterocycles. The molecule has 1 aromatic carbocycles. The van der Waals surface area contributed by atoms with Gasteiger partial charge in [-0.2, -0.15) is 13.2 Å². The third-order valence-corrected chi connectivity index (χ3v) is 5.17. The van der Waals surface area contributed by atoms with E-state index in [1.807, 2.05) is 0 Å². The number of rotatable bonds is 11. The fourth-order valence-corrected chi connectivity index (χ4v) is 3.60. The first-order chi connectivity index (χ1) is 14.2. The first kappa shape index (κ1) is 23.9. The Balaban J connectivity index is 1.83. The molecule has 2 N–H and O–H groups in total. The van der Waals surface area contributed by atoms with Crippen LogP contribution in [0.1, 0.15) is 56.1 Å². The molecule has 1 fully saturated rings. The molecule has 1 heterocycles. The van der Waals surface area contributed by atoms with E-state index in [1.54, 1.807) is 23.1 Å². The number of nitrogens with zero attached hydrogens (tertiary/aromatic N) is 1. The summed E-state index contributed by atoms with van der Waals surface area (Å²) in [6.45, 7) is 0.574. The number of carboxylic acid groups (broad SMARTS) is 1. The zero-order valence-corrected chi connectivity index (χ0v) is 16.8. The summed E-state index contributed by atoms with van der Waals surface area (Å²) < 4.78 is 38.4. The van der Waals surface area contributed by atoms with Crippen LogP contribution in [0.5, 0.6) is 0 Å². The van der Waals surface area contributed by atoms with Gasteiger partial charge in [-0.1, -0.05) is 43.2 Å². The topological polar surface area (TPSA) is 77.8 Å². The Bertz CT molecular complexity index is 748. The summed E-state index contributed by atoms with van der Waals surface area (Å²) in [5.41, 5.74) is -0.352. The van der Waals surface area contributed by atoms with E-state index in [9.17, 15) is 27.9 Å². The van der Waals surface area contributed by atoms with Crippen molar-refractivity contribution in [3.8, 4) is 0 Å². The summed E-state index contributed by atoms with van der Waals surface area (Å²) in [4.78, 5) is 24.4. The van der Waals surface area contributed by atoms with Gasteiger partial charge in [-0.05, 0) is 30.9 Å². The Morgan fingerprint density at radius 3 is 2.67 bits per heavy atom. The van der Waals surface area contributed by atoms with Crippen LogP contribution in [0.15, 0.2) is 36.4 Å². The van der Waals surface area contributed by atoms with Gasteiger partial charge in [0.05, 0.1) is 17.7 Å². The van der Waals surface area contributed by atoms with Crippen LogP contribution in [0.2, 0.25) is 0 Å². The molecule has 0 aromatic heterocycles. The molecule has 5 nitrogen and oxygen atoms in total. The number of carbonyl (C=O) groups is 2. The van der Waals surface area contributed by atoms with Gasteiger partial charge in [0, 0.05) is 25.8 Å². The van der Waals surface area contributed by atoms with Crippen molar-refractivity contribution in [1.82, 2.24) is 4.90 Å². The molecule has 0 aliphatic carbocycles. The second-order valence-electron chi connectivity index (χ2n) is 7.61. The van der Waals surface area contributed by atoms with Crippen LogP contribution in [-0.2, 0) is 22.2 Å². The minimum absolute atomic E-state index is 0.0440. The van der Waals surface area contributed by atoms with E-state index in [1.165, 1.54) is 6.07 Å². The van der Waals surface area contributed by atoms with Gasteiger partial charge in [0.25, 0.3) is 0 Å². The minimum atomic E-state index is -4.42. The number of likely N-dealkylation sites (tertiary alicyclic amines) is 1. The monoisotopic (exact) mass is 427 g/mol. The number of benzene rings is 1. The largest absolute Gasteiger partial charge is 0.481 e. The Morgan fingerprint density at radius 1 is 1.23 bits per heavy atom. The van der Waals surface area contributed by atoms with Gasteiger partial charge >= 0.3 is 12.1 Å². The lowest BCUT2D eigenvalue weighted by Gasteiger charge is -2.22. The van der Waals surface area contributed by atoms with Gasteiger partial charge in [-0.25, -0.2) is 0 Å². The zero-order chi connectivity index (χ0) is 22.1. The van der Waals surface area contributed by atoms with Crippen LogP contribution in [0.25, 0.3) is 0 Å². The quantitative estimate of drug-likeness (QED) is 0.410. The maximum absolute atomic E-state index is 12.8. The first-order valence-corrected chi connectivity index (χ1v) is 10.2. The third-order valence-electron chi connectivity index (χ3n) is 5.17. The third kappa shape index (κ3) is 7.82. The van der Waals surface area contributed by atoms with Gasteiger partial charge in [0.15, 0.2) is 0 Å². The lowest BCUT2D eigenvalue weighted by molar-refractivity contribution is -0.138.